The monoisotopic (exact) mass is 422 g/mol. The Hall–Kier alpha value is -2.82. The predicted octanol–water partition coefficient (Wildman–Crippen LogP) is 4.73. The van der Waals surface area contributed by atoms with Crippen molar-refractivity contribution >= 4 is 17.5 Å². The van der Waals surface area contributed by atoms with Crippen LogP contribution in [0.4, 0.5) is 5.69 Å². The van der Waals surface area contributed by atoms with Crippen LogP contribution in [0.1, 0.15) is 55.6 Å². The van der Waals surface area contributed by atoms with E-state index in [0.29, 0.717) is 31.6 Å². The summed E-state index contributed by atoms with van der Waals surface area (Å²) >= 11 is 0. The van der Waals surface area contributed by atoms with Crippen LogP contribution >= 0.6 is 0 Å². The fourth-order valence-corrected chi connectivity index (χ4v) is 4.05. The molecule has 2 amide bonds. The van der Waals surface area contributed by atoms with Gasteiger partial charge in [0.2, 0.25) is 5.91 Å². The summed E-state index contributed by atoms with van der Waals surface area (Å²) in [5.41, 5.74) is 3.90. The molecule has 0 unspecified atom stereocenters. The number of anilines is 1. The van der Waals surface area contributed by atoms with Gasteiger partial charge in [-0.05, 0) is 59.7 Å². The third kappa shape index (κ3) is 5.66. The molecule has 1 aliphatic heterocycles. The molecule has 2 aromatic rings. The summed E-state index contributed by atoms with van der Waals surface area (Å²) < 4.78 is 5.23. The van der Waals surface area contributed by atoms with Gasteiger partial charge in [-0.25, -0.2) is 0 Å². The molecule has 2 aromatic carbocycles. The van der Waals surface area contributed by atoms with Crippen molar-refractivity contribution < 1.29 is 14.3 Å². The smallest absolute Gasteiger partial charge is 0.253 e. The molecule has 0 saturated carbocycles. The first-order valence-electron chi connectivity index (χ1n) is 11.1. The van der Waals surface area contributed by atoms with E-state index in [-0.39, 0.29) is 17.2 Å². The number of ether oxygens (including phenoxy) is 1. The second kappa shape index (κ2) is 9.54. The topological polar surface area (TPSA) is 49.9 Å². The zero-order chi connectivity index (χ0) is 22.6. The summed E-state index contributed by atoms with van der Waals surface area (Å²) in [6.07, 6.45) is 2.08. The van der Waals surface area contributed by atoms with Gasteiger partial charge in [0, 0.05) is 37.3 Å². The first kappa shape index (κ1) is 22.9. The van der Waals surface area contributed by atoms with Gasteiger partial charge in [0.25, 0.3) is 5.91 Å². The highest BCUT2D eigenvalue weighted by atomic mass is 16.5. The predicted molar refractivity (Wildman–Crippen MR) is 125 cm³/mol. The average Bonchev–Trinajstić information content (AvgIpc) is 3.18. The van der Waals surface area contributed by atoms with Crippen LogP contribution in [-0.2, 0) is 17.6 Å². The van der Waals surface area contributed by atoms with Gasteiger partial charge in [-0.15, -0.1) is 0 Å². The Kier molecular flexibility index (Phi) is 7.04. The van der Waals surface area contributed by atoms with E-state index >= 15 is 0 Å². The molecule has 0 fully saturated rings. The highest BCUT2D eigenvalue weighted by Crippen LogP contribution is 2.30. The van der Waals surface area contributed by atoms with E-state index < -0.39 is 0 Å². The number of fused-ring (bicyclic) bond motifs is 1. The Morgan fingerprint density at radius 1 is 1.10 bits per heavy atom. The first-order chi connectivity index (χ1) is 14.7. The minimum absolute atomic E-state index is 0.00333. The van der Waals surface area contributed by atoms with Crippen molar-refractivity contribution in [3.8, 4) is 5.75 Å². The molecular formula is C26H34N2O3. The standard InChI is InChI=1S/C26H34N2O3/c1-6-24(29)28-16-14-20-17-21(9-12-23(20)28)25(30)27(18-26(2,3)4)15-13-19-7-10-22(31-5)11-8-19/h7-12,17H,6,13-16,18H2,1-5H3. The summed E-state index contributed by atoms with van der Waals surface area (Å²) in [5.74, 6) is 1.01. The molecule has 0 N–H and O–H groups in total. The summed E-state index contributed by atoms with van der Waals surface area (Å²) in [6, 6.07) is 13.8. The molecule has 0 bridgehead atoms. The highest BCUT2D eigenvalue weighted by molar-refractivity contribution is 5.98. The van der Waals surface area contributed by atoms with Gasteiger partial charge >= 0.3 is 0 Å². The van der Waals surface area contributed by atoms with Crippen LogP contribution in [0.25, 0.3) is 0 Å². The summed E-state index contributed by atoms with van der Waals surface area (Å²) in [7, 11) is 1.66. The van der Waals surface area contributed by atoms with Crippen LogP contribution in [0.3, 0.4) is 0 Å². The van der Waals surface area contributed by atoms with Gasteiger partial charge < -0.3 is 14.5 Å². The molecule has 0 aromatic heterocycles. The Bertz CT molecular complexity index is 929. The van der Waals surface area contributed by atoms with E-state index in [1.54, 1.807) is 7.11 Å². The van der Waals surface area contributed by atoms with Crippen molar-refractivity contribution in [3.63, 3.8) is 0 Å². The number of benzene rings is 2. The third-order valence-corrected chi connectivity index (χ3v) is 5.61. The summed E-state index contributed by atoms with van der Waals surface area (Å²) in [6.45, 7) is 10.4. The second-order valence-corrected chi connectivity index (χ2v) is 9.38. The Balaban J connectivity index is 1.77. The molecule has 5 heteroatoms. The Morgan fingerprint density at radius 2 is 1.81 bits per heavy atom. The van der Waals surface area contributed by atoms with Crippen molar-refractivity contribution in [1.29, 1.82) is 0 Å². The van der Waals surface area contributed by atoms with Gasteiger partial charge in [-0.3, -0.25) is 9.59 Å². The Morgan fingerprint density at radius 3 is 2.42 bits per heavy atom. The molecule has 3 rings (SSSR count). The number of amides is 2. The first-order valence-corrected chi connectivity index (χ1v) is 11.1. The van der Waals surface area contributed by atoms with Gasteiger partial charge in [0.05, 0.1) is 7.11 Å². The molecule has 1 heterocycles. The lowest BCUT2D eigenvalue weighted by molar-refractivity contribution is -0.118. The summed E-state index contributed by atoms with van der Waals surface area (Å²) in [4.78, 5) is 29.4. The maximum absolute atomic E-state index is 13.4. The lowest BCUT2D eigenvalue weighted by atomic mass is 9.95. The van der Waals surface area contributed by atoms with Crippen molar-refractivity contribution in [1.82, 2.24) is 4.90 Å². The van der Waals surface area contributed by atoms with Crippen LogP contribution < -0.4 is 9.64 Å². The maximum Gasteiger partial charge on any atom is 0.253 e. The number of rotatable bonds is 7. The molecule has 0 saturated heterocycles. The van der Waals surface area contributed by atoms with E-state index in [4.69, 9.17) is 4.74 Å². The zero-order valence-corrected chi connectivity index (χ0v) is 19.4. The number of carbonyl (C=O) groups is 2. The van der Waals surface area contributed by atoms with Gasteiger partial charge in [-0.1, -0.05) is 39.8 Å². The third-order valence-electron chi connectivity index (χ3n) is 5.61. The number of hydrogen-bond acceptors (Lipinski definition) is 3. The SMILES string of the molecule is CCC(=O)N1CCc2cc(C(=O)N(CCc3ccc(OC)cc3)CC(C)(C)C)ccc21. The van der Waals surface area contributed by atoms with Crippen LogP contribution in [-0.4, -0.2) is 43.5 Å². The minimum Gasteiger partial charge on any atom is -0.497 e. The van der Waals surface area contributed by atoms with Gasteiger partial charge in [0.1, 0.15) is 5.75 Å². The lowest BCUT2D eigenvalue weighted by Crippen LogP contribution is -2.39. The van der Waals surface area contributed by atoms with E-state index in [1.807, 2.05) is 59.2 Å². The van der Waals surface area contributed by atoms with Crippen molar-refractivity contribution in [2.75, 3.05) is 31.6 Å². The lowest BCUT2D eigenvalue weighted by Gasteiger charge is -2.30. The van der Waals surface area contributed by atoms with E-state index in [1.165, 1.54) is 5.56 Å². The Labute approximate surface area is 186 Å². The molecule has 31 heavy (non-hydrogen) atoms. The molecule has 0 atom stereocenters. The number of hydrogen-bond donors (Lipinski definition) is 0. The van der Waals surface area contributed by atoms with E-state index in [9.17, 15) is 9.59 Å². The fourth-order valence-electron chi connectivity index (χ4n) is 4.05. The zero-order valence-electron chi connectivity index (χ0n) is 19.4. The fraction of sp³-hybridized carbons (Fsp3) is 0.462. The quantitative estimate of drug-likeness (QED) is 0.648. The minimum atomic E-state index is -0.00333. The van der Waals surface area contributed by atoms with Crippen molar-refractivity contribution in [2.45, 2.75) is 47.0 Å². The molecule has 1 aliphatic rings. The average molecular weight is 423 g/mol. The number of nitrogens with zero attached hydrogens (tertiary/aromatic N) is 2. The van der Waals surface area contributed by atoms with Gasteiger partial charge in [-0.2, -0.15) is 0 Å². The van der Waals surface area contributed by atoms with E-state index in [2.05, 4.69) is 20.8 Å². The van der Waals surface area contributed by atoms with Crippen LogP contribution in [0, 0.1) is 5.41 Å². The molecular weight excluding hydrogens is 388 g/mol. The van der Waals surface area contributed by atoms with Crippen LogP contribution in [0.5, 0.6) is 5.75 Å². The normalized spacial score (nSPS) is 13.1. The van der Waals surface area contributed by atoms with Gasteiger partial charge in [0.15, 0.2) is 0 Å². The van der Waals surface area contributed by atoms with Crippen LogP contribution in [0.15, 0.2) is 42.5 Å². The highest BCUT2D eigenvalue weighted by Gasteiger charge is 2.27. The van der Waals surface area contributed by atoms with Crippen molar-refractivity contribution in [3.05, 3.63) is 59.2 Å². The summed E-state index contributed by atoms with van der Waals surface area (Å²) in [5, 5.41) is 0. The molecule has 0 radical (unpaired) electrons. The number of methoxy groups -OCH3 is 1. The maximum atomic E-state index is 13.4. The van der Waals surface area contributed by atoms with Crippen LogP contribution in [0.2, 0.25) is 0 Å². The largest absolute Gasteiger partial charge is 0.497 e. The molecule has 166 valence electrons. The molecule has 0 aliphatic carbocycles. The molecule has 5 nitrogen and oxygen atoms in total. The number of carbonyl (C=O) groups excluding carboxylic acids is 2. The second-order valence-electron chi connectivity index (χ2n) is 9.38. The van der Waals surface area contributed by atoms with Crippen molar-refractivity contribution in [2.24, 2.45) is 5.41 Å². The molecule has 0 spiro atoms. The van der Waals surface area contributed by atoms with E-state index in [0.717, 1.165) is 29.8 Å².